The van der Waals surface area contributed by atoms with Crippen LogP contribution in [0.4, 0.5) is 0 Å². The van der Waals surface area contributed by atoms with Crippen molar-refractivity contribution >= 4 is 23.2 Å². The number of rotatable bonds is 3. The Morgan fingerprint density at radius 3 is 2.29 bits per heavy atom. The summed E-state index contributed by atoms with van der Waals surface area (Å²) in [6.07, 6.45) is 4.79. The van der Waals surface area contributed by atoms with Crippen LogP contribution in [0.25, 0.3) is 0 Å². The van der Waals surface area contributed by atoms with E-state index in [-0.39, 0.29) is 0 Å². The van der Waals surface area contributed by atoms with Crippen LogP contribution >= 0.6 is 23.2 Å². The lowest BCUT2D eigenvalue weighted by Crippen LogP contribution is -1.65. The lowest BCUT2D eigenvalue weighted by Gasteiger charge is -1.77. The quantitative estimate of drug-likeness (QED) is 0.416. The summed E-state index contributed by atoms with van der Waals surface area (Å²) in [5, 5.41) is 0. The molecule has 0 unspecified atom stereocenters. The van der Waals surface area contributed by atoms with Gasteiger partial charge in [-0.25, -0.2) is 0 Å². The molecule has 0 aliphatic heterocycles. The number of hydrogen-bond acceptors (Lipinski definition) is 0. The van der Waals surface area contributed by atoms with Crippen molar-refractivity contribution in [2.45, 2.75) is 6.42 Å². The predicted molar refractivity (Wildman–Crippen MR) is 35.2 cm³/mol. The van der Waals surface area contributed by atoms with Gasteiger partial charge in [0, 0.05) is 11.8 Å². The Kier molecular flexibility index (Phi) is 6.61. The monoisotopic (exact) mass is 138 g/mol. The third-order valence-electron chi connectivity index (χ3n) is 0.532. The highest BCUT2D eigenvalue weighted by molar-refractivity contribution is 6.19. The van der Waals surface area contributed by atoms with Gasteiger partial charge in [-0.2, -0.15) is 0 Å². The van der Waals surface area contributed by atoms with Crippen molar-refractivity contribution < 1.29 is 0 Å². The zero-order chi connectivity index (χ0) is 5.54. The van der Waals surface area contributed by atoms with E-state index in [1.165, 1.54) is 0 Å². The first-order chi connectivity index (χ1) is 3.41. The van der Waals surface area contributed by atoms with Gasteiger partial charge in [0.1, 0.15) is 0 Å². The lowest BCUT2D eigenvalue weighted by molar-refractivity contribution is 1.23. The molecule has 42 valence electrons. The number of allylic oxidation sites excluding steroid dienone is 2. The van der Waals surface area contributed by atoms with Gasteiger partial charge in [-0.1, -0.05) is 12.2 Å². The molecule has 7 heavy (non-hydrogen) atoms. The fraction of sp³-hybridized carbons (Fsp3) is 0.600. The Labute approximate surface area is 54.1 Å². The van der Waals surface area contributed by atoms with E-state index in [1.54, 1.807) is 0 Å². The zero-order valence-electron chi connectivity index (χ0n) is 4.03. The van der Waals surface area contributed by atoms with Crippen LogP contribution in [0, 0.1) is 0 Å². The maximum Gasteiger partial charge on any atom is 0.0404 e. The third kappa shape index (κ3) is 6.32. The van der Waals surface area contributed by atoms with E-state index in [9.17, 15) is 0 Å². The summed E-state index contributed by atoms with van der Waals surface area (Å²) in [5.41, 5.74) is 0. The molecule has 0 aromatic rings. The van der Waals surface area contributed by atoms with Crippen molar-refractivity contribution in [3.63, 3.8) is 0 Å². The first kappa shape index (κ1) is 7.32. The Balaban J connectivity index is 2.78. The smallest absolute Gasteiger partial charge is 0.0404 e. The second-order valence-electron chi connectivity index (χ2n) is 1.10. The van der Waals surface area contributed by atoms with Gasteiger partial charge in [0.25, 0.3) is 0 Å². The molecule has 0 atom stereocenters. The predicted octanol–water partition coefficient (Wildman–Crippen LogP) is 2.41. The number of halogens is 2. The van der Waals surface area contributed by atoms with Crippen LogP contribution in [0.5, 0.6) is 0 Å². The van der Waals surface area contributed by atoms with Gasteiger partial charge in [0.15, 0.2) is 0 Å². The molecule has 0 N–H and O–H groups in total. The minimum absolute atomic E-state index is 0.594. The Hall–Kier alpha value is 0.320. The van der Waals surface area contributed by atoms with Gasteiger partial charge in [-0.05, 0) is 6.42 Å². The molecule has 0 radical (unpaired) electrons. The maximum absolute atomic E-state index is 5.34. The van der Waals surface area contributed by atoms with Gasteiger partial charge in [0.2, 0.25) is 0 Å². The van der Waals surface area contributed by atoms with Gasteiger partial charge >= 0.3 is 0 Å². The van der Waals surface area contributed by atoms with E-state index in [4.69, 9.17) is 23.2 Å². The first-order valence-electron chi connectivity index (χ1n) is 2.18. The Bertz CT molecular complexity index is 50.0. The summed E-state index contributed by atoms with van der Waals surface area (Å²) in [6, 6.07) is 0. The first-order valence-corrected chi connectivity index (χ1v) is 3.25. The van der Waals surface area contributed by atoms with E-state index in [0.717, 1.165) is 6.42 Å². The maximum atomic E-state index is 5.34. The molecule has 0 spiro atoms. The molecule has 0 amide bonds. The summed E-state index contributed by atoms with van der Waals surface area (Å²) in [4.78, 5) is 0. The SMILES string of the molecule is ClCC=CCCCl. The Morgan fingerprint density at radius 2 is 1.86 bits per heavy atom. The molecule has 2 heteroatoms. The molecular weight excluding hydrogens is 131 g/mol. The molecule has 0 aromatic carbocycles. The highest BCUT2D eigenvalue weighted by Gasteiger charge is 1.70. The second-order valence-corrected chi connectivity index (χ2v) is 1.79. The minimum atomic E-state index is 0.594. The molecule has 0 saturated carbocycles. The van der Waals surface area contributed by atoms with Gasteiger partial charge in [-0.15, -0.1) is 23.2 Å². The van der Waals surface area contributed by atoms with Crippen molar-refractivity contribution in [2.75, 3.05) is 11.8 Å². The van der Waals surface area contributed by atoms with E-state index < -0.39 is 0 Å². The summed E-state index contributed by atoms with van der Waals surface area (Å²) >= 11 is 10.7. The molecule has 0 heterocycles. The van der Waals surface area contributed by atoms with E-state index >= 15 is 0 Å². The van der Waals surface area contributed by atoms with Crippen LogP contribution in [-0.4, -0.2) is 11.8 Å². The van der Waals surface area contributed by atoms with E-state index in [2.05, 4.69) is 0 Å². The molecule has 0 fully saturated rings. The summed E-state index contributed by atoms with van der Waals surface area (Å²) in [7, 11) is 0. The highest BCUT2D eigenvalue weighted by atomic mass is 35.5. The standard InChI is InChI=1S/C5H8Cl2/c6-4-2-1-3-5-7/h1-2H,3-5H2. The van der Waals surface area contributed by atoms with Crippen LogP contribution in [0.3, 0.4) is 0 Å². The van der Waals surface area contributed by atoms with E-state index in [1.807, 2.05) is 12.2 Å². The lowest BCUT2D eigenvalue weighted by atomic mass is 10.4. The van der Waals surface area contributed by atoms with Crippen molar-refractivity contribution in [2.24, 2.45) is 0 Å². The Morgan fingerprint density at radius 1 is 1.14 bits per heavy atom. The van der Waals surface area contributed by atoms with E-state index in [0.29, 0.717) is 11.8 Å². The van der Waals surface area contributed by atoms with Gasteiger partial charge < -0.3 is 0 Å². The van der Waals surface area contributed by atoms with Crippen molar-refractivity contribution in [1.82, 2.24) is 0 Å². The fourth-order valence-corrected chi connectivity index (χ4v) is 0.496. The van der Waals surface area contributed by atoms with Crippen molar-refractivity contribution in [3.05, 3.63) is 12.2 Å². The largest absolute Gasteiger partial charge is 0.126 e. The third-order valence-corrected chi connectivity index (χ3v) is 0.928. The topological polar surface area (TPSA) is 0 Å². The molecule has 0 aromatic heterocycles. The van der Waals surface area contributed by atoms with Crippen LogP contribution in [0.2, 0.25) is 0 Å². The molecule has 0 aliphatic rings. The molecule has 0 bridgehead atoms. The number of alkyl halides is 2. The summed E-state index contributed by atoms with van der Waals surface area (Å²) in [6.45, 7) is 0. The van der Waals surface area contributed by atoms with Gasteiger partial charge in [-0.3, -0.25) is 0 Å². The molecule has 0 saturated heterocycles. The van der Waals surface area contributed by atoms with Crippen LogP contribution in [0.15, 0.2) is 12.2 Å². The molecular formula is C5H8Cl2. The summed E-state index contributed by atoms with van der Waals surface area (Å²) in [5.74, 6) is 1.28. The summed E-state index contributed by atoms with van der Waals surface area (Å²) < 4.78 is 0. The number of hydrogen-bond donors (Lipinski definition) is 0. The average Bonchev–Trinajstić information content (AvgIpc) is 1.69. The van der Waals surface area contributed by atoms with Crippen molar-refractivity contribution in [3.8, 4) is 0 Å². The zero-order valence-corrected chi connectivity index (χ0v) is 5.54. The fourth-order valence-electron chi connectivity index (χ4n) is 0.244. The van der Waals surface area contributed by atoms with Gasteiger partial charge in [0.05, 0.1) is 0 Å². The molecule has 0 rings (SSSR count). The second kappa shape index (κ2) is 6.32. The average molecular weight is 139 g/mol. The molecule has 0 nitrogen and oxygen atoms in total. The van der Waals surface area contributed by atoms with Crippen LogP contribution < -0.4 is 0 Å². The van der Waals surface area contributed by atoms with Crippen LogP contribution in [-0.2, 0) is 0 Å². The highest BCUT2D eigenvalue weighted by Crippen LogP contribution is 1.86. The molecule has 0 aliphatic carbocycles. The van der Waals surface area contributed by atoms with Crippen molar-refractivity contribution in [1.29, 1.82) is 0 Å². The normalized spacial score (nSPS) is 10.6. The van der Waals surface area contributed by atoms with Crippen LogP contribution in [0.1, 0.15) is 6.42 Å². The minimum Gasteiger partial charge on any atom is -0.126 e.